The minimum absolute atomic E-state index is 0. The van der Waals surface area contributed by atoms with Gasteiger partial charge in [-0.3, -0.25) is 4.99 Å². The van der Waals surface area contributed by atoms with Gasteiger partial charge < -0.3 is 25.0 Å². The maximum atomic E-state index is 13.0. The van der Waals surface area contributed by atoms with Crippen LogP contribution in [0.15, 0.2) is 29.3 Å². The Morgan fingerprint density at radius 1 is 1.12 bits per heavy atom. The smallest absolute Gasteiger partial charge is 0.191 e. The molecule has 1 aliphatic rings. The van der Waals surface area contributed by atoms with Crippen LogP contribution in [0.3, 0.4) is 0 Å². The van der Waals surface area contributed by atoms with E-state index in [0.29, 0.717) is 32.3 Å². The molecule has 0 aromatic heterocycles. The van der Waals surface area contributed by atoms with Gasteiger partial charge in [0.2, 0.25) is 0 Å². The van der Waals surface area contributed by atoms with Crippen molar-refractivity contribution in [2.24, 2.45) is 10.7 Å². The Morgan fingerprint density at radius 2 is 1.79 bits per heavy atom. The Bertz CT molecular complexity index is 493. The zero-order chi connectivity index (χ0) is 16.5. The summed E-state index contributed by atoms with van der Waals surface area (Å²) in [5.74, 6) is 0.343. The molecule has 0 unspecified atom stereocenters. The van der Waals surface area contributed by atoms with Crippen molar-refractivity contribution in [3.05, 3.63) is 30.1 Å². The highest BCUT2D eigenvalue weighted by molar-refractivity contribution is 14.0. The molecule has 0 aliphatic carbocycles. The van der Waals surface area contributed by atoms with Crippen molar-refractivity contribution in [1.29, 1.82) is 0 Å². The van der Waals surface area contributed by atoms with Crippen LogP contribution in [-0.2, 0) is 9.47 Å². The normalized spacial score (nSPS) is 15.3. The number of ether oxygens (including phenoxy) is 2. The second-order valence-corrected chi connectivity index (χ2v) is 5.30. The zero-order valence-electron chi connectivity index (χ0n) is 14.0. The van der Waals surface area contributed by atoms with Crippen molar-refractivity contribution in [2.45, 2.75) is 0 Å². The molecule has 1 heterocycles. The molecule has 136 valence electrons. The number of piperazine rings is 1. The number of rotatable bonds is 7. The molecule has 1 aliphatic heterocycles. The Labute approximate surface area is 159 Å². The lowest BCUT2D eigenvalue weighted by molar-refractivity contribution is 0.0747. The fourth-order valence-corrected chi connectivity index (χ4v) is 2.41. The van der Waals surface area contributed by atoms with E-state index in [1.807, 2.05) is 0 Å². The maximum absolute atomic E-state index is 13.0. The largest absolute Gasteiger partial charge is 0.382 e. The number of methoxy groups -OCH3 is 1. The highest BCUT2D eigenvalue weighted by Gasteiger charge is 2.18. The van der Waals surface area contributed by atoms with Crippen LogP contribution < -0.4 is 10.6 Å². The van der Waals surface area contributed by atoms with Gasteiger partial charge in [0.15, 0.2) is 5.96 Å². The van der Waals surface area contributed by atoms with Crippen molar-refractivity contribution in [1.82, 2.24) is 4.90 Å². The lowest BCUT2D eigenvalue weighted by Gasteiger charge is -2.36. The second-order valence-electron chi connectivity index (χ2n) is 5.30. The third-order valence-electron chi connectivity index (χ3n) is 3.74. The van der Waals surface area contributed by atoms with E-state index in [1.165, 1.54) is 12.1 Å². The van der Waals surface area contributed by atoms with Crippen molar-refractivity contribution in [3.8, 4) is 0 Å². The van der Waals surface area contributed by atoms with Crippen molar-refractivity contribution in [2.75, 3.05) is 64.6 Å². The average molecular weight is 452 g/mol. The minimum atomic E-state index is -0.212. The molecule has 2 N–H and O–H groups in total. The molecular formula is C16H26FIN4O2. The van der Waals surface area contributed by atoms with Crippen LogP contribution >= 0.6 is 24.0 Å². The zero-order valence-corrected chi connectivity index (χ0v) is 16.3. The number of anilines is 1. The third-order valence-corrected chi connectivity index (χ3v) is 3.74. The summed E-state index contributed by atoms with van der Waals surface area (Å²) in [7, 11) is 1.64. The topological polar surface area (TPSA) is 63.3 Å². The molecule has 0 amide bonds. The molecule has 24 heavy (non-hydrogen) atoms. The van der Waals surface area contributed by atoms with Crippen molar-refractivity contribution in [3.63, 3.8) is 0 Å². The second kappa shape index (κ2) is 11.4. The van der Waals surface area contributed by atoms with Crippen LogP contribution in [0.5, 0.6) is 0 Å². The van der Waals surface area contributed by atoms with E-state index in [0.717, 1.165) is 31.9 Å². The first-order valence-electron chi connectivity index (χ1n) is 7.83. The summed E-state index contributed by atoms with van der Waals surface area (Å²) < 4.78 is 23.2. The molecule has 0 saturated carbocycles. The molecule has 1 saturated heterocycles. The predicted molar refractivity (Wildman–Crippen MR) is 105 cm³/mol. The number of nitrogens with two attached hydrogens (primary N) is 1. The van der Waals surface area contributed by atoms with E-state index in [1.54, 1.807) is 19.2 Å². The fourth-order valence-electron chi connectivity index (χ4n) is 2.41. The standard InChI is InChI=1S/C16H25FN4O2.HI/c1-22-12-13-23-11-6-19-16(18)21-9-7-20(8-10-21)15-4-2-14(17)3-5-15;/h2-5H,6-13H2,1H3,(H2,18,19);1H. The molecule has 0 bridgehead atoms. The molecular weight excluding hydrogens is 426 g/mol. The average Bonchev–Trinajstić information content (AvgIpc) is 2.58. The molecule has 1 fully saturated rings. The van der Waals surface area contributed by atoms with E-state index in [9.17, 15) is 4.39 Å². The maximum Gasteiger partial charge on any atom is 0.191 e. The molecule has 0 spiro atoms. The van der Waals surface area contributed by atoms with Gasteiger partial charge >= 0.3 is 0 Å². The Kier molecular flexibility index (Phi) is 9.96. The first kappa shape index (κ1) is 20.9. The predicted octanol–water partition coefficient (Wildman–Crippen LogP) is 1.54. The summed E-state index contributed by atoms with van der Waals surface area (Å²) in [5, 5.41) is 0. The van der Waals surface area contributed by atoms with Gasteiger partial charge in [-0.05, 0) is 24.3 Å². The summed E-state index contributed by atoms with van der Waals surface area (Å²) in [6.45, 7) is 5.53. The van der Waals surface area contributed by atoms with Gasteiger partial charge in [-0.2, -0.15) is 0 Å². The summed E-state index contributed by atoms with van der Waals surface area (Å²) in [6.07, 6.45) is 0. The molecule has 1 aromatic rings. The van der Waals surface area contributed by atoms with Gasteiger partial charge in [-0.15, -0.1) is 24.0 Å². The summed E-state index contributed by atoms with van der Waals surface area (Å²) in [4.78, 5) is 8.63. The van der Waals surface area contributed by atoms with E-state index in [-0.39, 0.29) is 29.8 Å². The van der Waals surface area contributed by atoms with E-state index >= 15 is 0 Å². The Balaban J connectivity index is 0.00000288. The number of hydrogen-bond donors (Lipinski definition) is 1. The lowest BCUT2D eigenvalue weighted by atomic mass is 10.2. The van der Waals surface area contributed by atoms with Crippen LogP contribution in [0.4, 0.5) is 10.1 Å². The quantitative estimate of drug-likeness (QED) is 0.295. The Morgan fingerprint density at radius 3 is 2.42 bits per heavy atom. The van der Waals surface area contributed by atoms with Crippen LogP contribution in [0, 0.1) is 5.82 Å². The van der Waals surface area contributed by atoms with Crippen molar-refractivity contribution >= 4 is 35.6 Å². The van der Waals surface area contributed by atoms with E-state index in [2.05, 4.69) is 14.8 Å². The van der Waals surface area contributed by atoms with Gasteiger partial charge in [0.25, 0.3) is 0 Å². The molecule has 8 heteroatoms. The minimum Gasteiger partial charge on any atom is -0.382 e. The van der Waals surface area contributed by atoms with Crippen LogP contribution in [-0.4, -0.2) is 70.5 Å². The highest BCUT2D eigenvalue weighted by Crippen LogP contribution is 2.16. The van der Waals surface area contributed by atoms with Gasteiger partial charge in [0, 0.05) is 39.0 Å². The number of benzene rings is 1. The van der Waals surface area contributed by atoms with E-state index in [4.69, 9.17) is 15.2 Å². The van der Waals surface area contributed by atoms with Gasteiger partial charge in [0.05, 0.1) is 26.4 Å². The van der Waals surface area contributed by atoms with Gasteiger partial charge in [0.1, 0.15) is 5.82 Å². The number of aliphatic imine (C=N–C) groups is 1. The number of nitrogens with zero attached hydrogens (tertiary/aromatic N) is 3. The Hall–Kier alpha value is -1.13. The van der Waals surface area contributed by atoms with Crippen molar-refractivity contribution < 1.29 is 13.9 Å². The van der Waals surface area contributed by atoms with E-state index < -0.39 is 0 Å². The number of hydrogen-bond acceptors (Lipinski definition) is 4. The SMILES string of the molecule is COCCOCCN=C(N)N1CCN(c2ccc(F)cc2)CC1.I. The van der Waals surface area contributed by atoms with Crippen LogP contribution in [0.1, 0.15) is 0 Å². The summed E-state index contributed by atoms with van der Waals surface area (Å²) >= 11 is 0. The van der Waals surface area contributed by atoms with Gasteiger partial charge in [-0.25, -0.2) is 4.39 Å². The first-order valence-corrected chi connectivity index (χ1v) is 7.83. The van der Waals surface area contributed by atoms with Gasteiger partial charge in [-0.1, -0.05) is 0 Å². The highest BCUT2D eigenvalue weighted by atomic mass is 127. The molecule has 0 atom stereocenters. The molecule has 1 aromatic carbocycles. The summed E-state index contributed by atoms with van der Waals surface area (Å²) in [6, 6.07) is 6.59. The summed E-state index contributed by atoms with van der Waals surface area (Å²) in [5.41, 5.74) is 7.06. The molecule has 0 radical (unpaired) electrons. The lowest BCUT2D eigenvalue weighted by Crippen LogP contribution is -2.51. The van der Waals surface area contributed by atoms with Crippen LogP contribution in [0.25, 0.3) is 0 Å². The molecule has 2 rings (SSSR count). The number of guanidine groups is 1. The molecule has 6 nitrogen and oxygen atoms in total. The fraction of sp³-hybridized carbons (Fsp3) is 0.562. The first-order chi connectivity index (χ1) is 11.2. The number of halogens is 2. The monoisotopic (exact) mass is 452 g/mol. The third kappa shape index (κ3) is 6.78. The van der Waals surface area contributed by atoms with Crippen LogP contribution in [0.2, 0.25) is 0 Å².